The van der Waals surface area contributed by atoms with Gasteiger partial charge in [-0.25, -0.2) is 9.37 Å². The minimum absolute atomic E-state index is 0.302. The summed E-state index contributed by atoms with van der Waals surface area (Å²) >= 11 is 0. The Bertz CT molecular complexity index is 557. The number of benzene rings is 1. The third-order valence-corrected chi connectivity index (χ3v) is 2.93. The summed E-state index contributed by atoms with van der Waals surface area (Å²) in [7, 11) is 0. The lowest BCUT2D eigenvalue weighted by Crippen LogP contribution is -2.07. The number of anilines is 1. The fourth-order valence-corrected chi connectivity index (χ4v) is 1.95. The molecule has 3 nitrogen and oxygen atoms in total. The lowest BCUT2D eigenvalue weighted by atomic mass is 9.98. The molecule has 94 valence electrons. The third kappa shape index (κ3) is 2.65. The van der Waals surface area contributed by atoms with Gasteiger partial charge in [0.25, 0.3) is 0 Å². The Kier molecular flexibility index (Phi) is 3.58. The van der Waals surface area contributed by atoms with Gasteiger partial charge >= 0.3 is 0 Å². The van der Waals surface area contributed by atoms with Gasteiger partial charge in [0.05, 0.1) is 6.10 Å². The van der Waals surface area contributed by atoms with Crippen LogP contribution >= 0.6 is 0 Å². The van der Waals surface area contributed by atoms with Crippen LogP contribution < -0.4 is 5.73 Å². The van der Waals surface area contributed by atoms with E-state index in [1.165, 1.54) is 12.1 Å². The van der Waals surface area contributed by atoms with Gasteiger partial charge in [-0.05, 0) is 41.8 Å². The number of nitrogens with zero attached hydrogens (tertiary/aromatic N) is 1. The molecule has 0 radical (unpaired) electrons. The number of rotatable bonds is 3. The zero-order valence-corrected chi connectivity index (χ0v) is 10.1. The van der Waals surface area contributed by atoms with E-state index in [0.29, 0.717) is 17.8 Å². The molecular formula is C14H15FN2O. The van der Waals surface area contributed by atoms with Crippen molar-refractivity contribution >= 4 is 5.82 Å². The van der Waals surface area contributed by atoms with E-state index < -0.39 is 6.10 Å². The maximum atomic E-state index is 13.0. The van der Waals surface area contributed by atoms with Crippen LogP contribution in [-0.2, 0) is 6.42 Å². The van der Waals surface area contributed by atoms with Crippen molar-refractivity contribution < 1.29 is 9.50 Å². The normalized spacial score (nSPS) is 12.4. The predicted molar refractivity (Wildman–Crippen MR) is 68.5 cm³/mol. The standard InChI is InChI=1S/C14H15FN2O/c1-9-7-11(15)4-5-12(9)13(18)8-10-3-2-6-17-14(10)16/h2-7,13,18H,8H2,1H3,(H2,16,17). The van der Waals surface area contributed by atoms with Crippen LogP contribution in [0.4, 0.5) is 10.2 Å². The van der Waals surface area contributed by atoms with Gasteiger partial charge in [0.15, 0.2) is 0 Å². The summed E-state index contributed by atoms with van der Waals surface area (Å²) in [5.74, 6) is 0.112. The van der Waals surface area contributed by atoms with E-state index in [1.807, 2.05) is 6.07 Å². The topological polar surface area (TPSA) is 59.1 Å². The smallest absolute Gasteiger partial charge is 0.126 e. The monoisotopic (exact) mass is 246 g/mol. The Labute approximate surface area is 105 Å². The molecule has 0 saturated heterocycles. The Hall–Kier alpha value is -1.94. The highest BCUT2D eigenvalue weighted by atomic mass is 19.1. The molecule has 0 spiro atoms. The molecular weight excluding hydrogens is 231 g/mol. The van der Waals surface area contributed by atoms with Crippen LogP contribution in [0.2, 0.25) is 0 Å². The first-order valence-electron chi connectivity index (χ1n) is 5.71. The van der Waals surface area contributed by atoms with Crippen LogP contribution in [0.25, 0.3) is 0 Å². The fourth-order valence-electron chi connectivity index (χ4n) is 1.95. The number of aryl methyl sites for hydroxylation is 1. The molecule has 0 amide bonds. The van der Waals surface area contributed by atoms with Crippen molar-refractivity contribution in [2.24, 2.45) is 0 Å². The molecule has 3 N–H and O–H groups in total. The molecule has 0 aliphatic rings. The predicted octanol–water partition coefficient (Wildman–Crippen LogP) is 2.39. The Balaban J connectivity index is 2.22. The number of hydrogen-bond acceptors (Lipinski definition) is 3. The highest BCUT2D eigenvalue weighted by molar-refractivity contribution is 5.40. The Morgan fingerprint density at radius 2 is 2.17 bits per heavy atom. The number of aromatic nitrogens is 1. The van der Waals surface area contributed by atoms with Crippen molar-refractivity contribution in [3.05, 3.63) is 59.0 Å². The summed E-state index contributed by atoms with van der Waals surface area (Å²) in [5.41, 5.74) is 7.95. The minimum atomic E-state index is -0.711. The highest BCUT2D eigenvalue weighted by Gasteiger charge is 2.13. The number of nitrogens with two attached hydrogens (primary N) is 1. The van der Waals surface area contributed by atoms with Crippen LogP contribution in [0.1, 0.15) is 22.8 Å². The van der Waals surface area contributed by atoms with E-state index in [1.54, 1.807) is 25.3 Å². The van der Waals surface area contributed by atoms with E-state index in [9.17, 15) is 9.50 Å². The van der Waals surface area contributed by atoms with Crippen LogP contribution in [0, 0.1) is 12.7 Å². The molecule has 1 heterocycles. The summed E-state index contributed by atoms with van der Waals surface area (Å²) in [6, 6.07) is 7.95. The number of pyridine rings is 1. The van der Waals surface area contributed by atoms with E-state index in [4.69, 9.17) is 5.73 Å². The van der Waals surface area contributed by atoms with Gasteiger partial charge in [-0.2, -0.15) is 0 Å². The third-order valence-electron chi connectivity index (χ3n) is 2.93. The molecule has 1 unspecified atom stereocenters. The van der Waals surface area contributed by atoms with Crippen molar-refractivity contribution in [2.45, 2.75) is 19.4 Å². The average Bonchev–Trinajstić information content (AvgIpc) is 2.32. The SMILES string of the molecule is Cc1cc(F)ccc1C(O)Cc1cccnc1N. The zero-order valence-electron chi connectivity index (χ0n) is 10.1. The summed E-state index contributed by atoms with van der Waals surface area (Å²) in [4.78, 5) is 3.97. The number of hydrogen-bond donors (Lipinski definition) is 2. The van der Waals surface area contributed by atoms with Gasteiger partial charge in [-0.1, -0.05) is 12.1 Å². The second-order valence-corrected chi connectivity index (χ2v) is 4.27. The zero-order chi connectivity index (χ0) is 13.1. The highest BCUT2D eigenvalue weighted by Crippen LogP contribution is 2.23. The molecule has 2 rings (SSSR count). The Morgan fingerprint density at radius 1 is 1.39 bits per heavy atom. The average molecular weight is 246 g/mol. The lowest BCUT2D eigenvalue weighted by Gasteiger charge is -2.14. The van der Waals surface area contributed by atoms with Gasteiger partial charge in [-0.15, -0.1) is 0 Å². The van der Waals surface area contributed by atoms with Gasteiger partial charge in [0.2, 0.25) is 0 Å². The molecule has 0 aliphatic carbocycles. The summed E-state index contributed by atoms with van der Waals surface area (Å²) in [6.45, 7) is 1.77. The molecule has 0 fully saturated rings. The van der Waals surface area contributed by atoms with E-state index in [0.717, 1.165) is 11.1 Å². The van der Waals surface area contributed by atoms with Gasteiger partial charge in [0.1, 0.15) is 11.6 Å². The maximum Gasteiger partial charge on any atom is 0.126 e. The number of halogens is 1. The number of aliphatic hydroxyl groups is 1. The van der Waals surface area contributed by atoms with Crippen molar-refractivity contribution in [3.8, 4) is 0 Å². The molecule has 4 heteroatoms. The van der Waals surface area contributed by atoms with Crippen LogP contribution in [0.15, 0.2) is 36.5 Å². The van der Waals surface area contributed by atoms with E-state index >= 15 is 0 Å². The van der Waals surface area contributed by atoms with Crippen LogP contribution in [0.3, 0.4) is 0 Å². The van der Waals surface area contributed by atoms with Crippen LogP contribution in [0.5, 0.6) is 0 Å². The molecule has 0 bridgehead atoms. The molecule has 0 saturated carbocycles. The molecule has 1 aromatic carbocycles. The Morgan fingerprint density at radius 3 is 2.83 bits per heavy atom. The molecule has 2 aromatic rings. The fraction of sp³-hybridized carbons (Fsp3) is 0.214. The van der Waals surface area contributed by atoms with Gasteiger partial charge < -0.3 is 10.8 Å². The maximum absolute atomic E-state index is 13.0. The first kappa shape index (κ1) is 12.5. The van der Waals surface area contributed by atoms with Crippen LogP contribution in [-0.4, -0.2) is 10.1 Å². The number of aliphatic hydroxyl groups excluding tert-OH is 1. The second kappa shape index (κ2) is 5.14. The lowest BCUT2D eigenvalue weighted by molar-refractivity contribution is 0.177. The quantitative estimate of drug-likeness (QED) is 0.874. The first-order chi connectivity index (χ1) is 8.58. The molecule has 0 aliphatic heterocycles. The van der Waals surface area contributed by atoms with Crippen molar-refractivity contribution in [1.29, 1.82) is 0 Å². The summed E-state index contributed by atoms with van der Waals surface area (Å²) in [5, 5.41) is 10.2. The van der Waals surface area contributed by atoms with Crippen molar-refractivity contribution in [3.63, 3.8) is 0 Å². The molecule has 1 aromatic heterocycles. The number of nitrogen functional groups attached to an aromatic ring is 1. The van der Waals surface area contributed by atoms with Crippen molar-refractivity contribution in [2.75, 3.05) is 5.73 Å². The van der Waals surface area contributed by atoms with E-state index in [-0.39, 0.29) is 5.82 Å². The van der Waals surface area contributed by atoms with Gasteiger partial charge in [0, 0.05) is 12.6 Å². The summed E-state index contributed by atoms with van der Waals surface area (Å²) in [6.07, 6.45) is 1.26. The van der Waals surface area contributed by atoms with Gasteiger partial charge in [-0.3, -0.25) is 0 Å². The largest absolute Gasteiger partial charge is 0.388 e. The first-order valence-corrected chi connectivity index (χ1v) is 5.71. The second-order valence-electron chi connectivity index (χ2n) is 4.27. The van der Waals surface area contributed by atoms with E-state index in [2.05, 4.69) is 4.98 Å². The van der Waals surface area contributed by atoms with Crippen molar-refractivity contribution in [1.82, 2.24) is 4.98 Å². The molecule has 18 heavy (non-hydrogen) atoms. The molecule has 1 atom stereocenters. The summed E-state index contributed by atoms with van der Waals surface area (Å²) < 4.78 is 13.0. The minimum Gasteiger partial charge on any atom is -0.388 e.